The molecule has 0 saturated carbocycles. The molecule has 0 heterocycles. The van der Waals surface area contributed by atoms with Crippen LogP contribution in [-0.4, -0.2) is 31.3 Å². The molecule has 0 unspecified atom stereocenters. The van der Waals surface area contributed by atoms with Crippen LogP contribution in [0.15, 0.2) is 22.7 Å². The van der Waals surface area contributed by atoms with Crippen LogP contribution in [-0.2, 0) is 9.53 Å². The standard InChI is InChI=1S/C14H19BrN2O4/c1-9(2)21-14(19)16-6-7-20-13-8-11(15)4-5-12(13)17-10(3)18/h4-5,8-9H,6-7H2,1-3H3,(H,16,19)(H,17,18). The van der Waals surface area contributed by atoms with Gasteiger partial charge in [0.15, 0.2) is 0 Å². The summed E-state index contributed by atoms with van der Waals surface area (Å²) in [6.07, 6.45) is -0.646. The first-order valence-corrected chi connectivity index (χ1v) is 7.32. The number of nitrogens with one attached hydrogen (secondary N) is 2. The Kier molecular flexibility index (Phi) is 7.01. The second-order valence-electron chi connectivity index (χ2n) is 4.55. The predicted molar refractivity (Wildman–Crippen MR) is 83.6 cm³/mol. The molecule has 2 amide bonds. The first-order valence-electron chi connectivity index (χ1n) is 6.53. The fourth-order valence-electron chi connectivity index (χ4n) is 1.48. The number of anilines is 1. The SMILES string of the molecule is CC(=O)Nc1ccc(Br)cc1OCCNC(=O)OC(C)C. The Morgan fingerprint density at radius 2 is 2.05 bits per heavy atom. The third-order valence-electron chi connectivity index (χ3n) is 2.23. The molecule has 6 nitrogen and oxygen atoms in total. The highest BCUT2D eigenvalue weighted by Crippen LogP contribution is 2.28. The summed E-state index contributed by atoms with van der Waals surface area (Å²) in [5.41, 5.74) is 0.579. The van der Waals surface area contributed by atoms with Gasteiger partial charge < -0.3 is 20.1 Å². The summed E-state index contributed by atoms with van der Waals surface area (Å²) >= 11 is 3.34. The minimum atomic E-state index is -0.482. The van der Waals surface area contributed by atoms with Crippen LogP contribution in [0.25, 0.3) is 0 Å². The van der Waals surface area contributed by atoms with Crippen LogP contribution in [0.1, 0.15) is 20.8 Å². The van der Waals surface area contributed by atoms with Crippen molar-refractivity contribution in [3.05, 3.63) is 22.7 Å². The third-order valence-corrected chi connectivity index (χ3v) is 2.72. The van der Waals surface area contributed by atoms with E-state index < -0.39 is 6.09 Å². The van der Waals surface area contributed by atoms with Gasteiger partial charge in [-0.3, -0.25) is 4.79 Å². The number of ether oxygens (including phenoxy) is 2. The van der Waals surface area contributed by atoms with Crippen LogP contribution in [0.2, 0.25) is 0 Å². The normalized spacial score (nSPS) is 10.1. The van der Waals surface area contributed by atoms with Gasteiger partial charge in [-0.1, -0.05) is 15.9 Å². The van der Waals surface area contributed by atoms with Gasteiger partial charge in [0.2, 0.25) is 5.91 Å². The van der Waals surface area contributed by atoms with Crippen LogP contribution in [0.3, 0.4) is 0 Å². The topological polar surface area (TPSA) is 76.7 Å². The molecular formula is C14H19BrN2O4. The van der Waals surface area contributed by atoms with Gasteiger partial charge >= 0.3 is 6.09 Å². The van der Waals surface area contributed by atoms with Crippen molar-refractivity contribution in [1.82, 2.24) is 5.32 Å². The minimum Gasteiger partial charge on any atom is -0.490 e. The molecule has 0 aliphatic heterocycles. The van der Waals surface area contributed by atoms with E-state index in [1.165, 1.54) is 6.92 Å². The number of benzene rings is 1. The van der Waals surface area contributed by atoms with Gasteiger partial charge in [-0.05, 0) is 32.0 Å². The summed E-state index contributed by atoms with van der Waals surface area (Å²) in [4.78, 5) is 22.4. The molecule has 0 fully saturated rings. The van der Waals surface area contributed by atoms with Crippen molar-refractivity contribution in [2.24, 2.45) is 0 Å². The maximum absolute atomic E-state index is 11.3. The molecule has 7 heteroatoms. The Labute approximate surface area is 132 Å². The first kappa shape index (κ1) is 17.3. The highest BCUT2D eigenvalue weighted by atomic mass is 79.9. The van der Waals surface area contributed by atoms with Crippen LogP contribution in [0.4, 0.5) is 10.5 Å². The molecule has 1 rings (SSSR count). The zero-order valence-corrected chi connectivity index (χ0v) is 13.8. The van der Waals surface area contributed by atoms with Crippen LogP contribution in [0.5, 0.6) is 5.75 Å². The van der Waals surface area contributed by atoms with E-state index in [0.717, 1.165) is 4.47 Å². The molecule has 0 spiro atoms. The Balaban J connectivity index is 2.49. The highest BCUT2D eigenvalue weighted by Gasteiger charge is 2.07. The van der Waals surface area contributed by atoms with Crippen molar-refractivity contribution in [1.29, 1.82) is 0 Å². The number of halogens is 1. The van der Waals surface area contributed by atoms with Crippen LogP contribution < -0.4 is 15.4 Å². The van der Waals surface area contributed by atoms with Crippen LogP contribution in [0, 0.1) is 0 Å². The monoisotopic (exact) mass is 358 g/mol. The van der Waals surface area contributed by atoms with Gasteiger partial charge in [-0.15, -0.1) is 0 Å². The Hall–Kier alpha value is -1.76. The van der Waals surface area contributed by atoms with E-state index >= 15 is 0 Å². The number of carbonyl (C=O) groups excluding carboxylic acids is 2. The fourth-order valence-corrected chi connectivity index (χ4v) is 1.82. The second kappa shape index (κ2) is 8.51. The molecule has 1 aromatic rings. The quantitative estimate of drug-likeness (QED) is 0.766. The van der Waals surface area contributed by atoms with Gasteiger partial charge in [0, 0.05) is 11.4 Å². The van der Waals surface area contributed by atoms with Crippen molar-refractivity contribution < 1.29 is 19.1 Å². The van der Waals surface area contributed by atoms with E-state index in [1.807, 2.05) is 0 Å². The van der Waals surface area contributed by atoms with E-state index in [4.69, 9.17) is 9.47 Å². The van der Waals surface area contributed by atoms with E-state index in [2.05, 4.69) is 26.6 Å². The van der Waals surface area contributed by atoms with Crippen molar-refractivity contribution in [2.75, 3.05) is 18.5 Å². The van der Waals surface area contributed by atoms with E-state index in [1.54, 1.807) is 32.0 Å². The fraction of sp³-hybridized carbons (Fsp3) is 0.429. The van der Waals surface area contributed by atoms with Crippen molar-refractivity contribution in [3.8, 4) is 5.75 Å². The number of carbonyl (C=O) groups is 2. The minimum absolute atomic E-state index is 0.164. The Morgan fingerprint density at radius 3 is 2.67 bits per heavy atom. The summed E-state index contributed by atoms with van der Waals surface area (Å²) < 4.78 is 11.3. The molecule has 2 N–H and O–H groups in total. The van der Waals surface area contributed by atoms with E-state index in [0.29, 0.717) is 18.0 Å². The maximum atomic E-state index is 11.3. The van der Waals surface area contributed by atoms with Crippen molar-refractivity contribution >= 4 is 33.6 Å². The number of hydrogen-bond donors (Lipinski definition) is 2. The molecule has 0 aliphatic carbocycles. The number of hydrogen-bond acceptors (Lipinski definition) is 4. The molecule has 116 valence electrons. The lowest BCUT2D eigenvalue weighted by Gasteiger charge is -2.13. The summed E-state index contributed by atoms with van der Waals surface area (Å²) in [7, 11) is 0. The average Bonchev–Trinajstić information content (AvgIpc) is 2.36. The first-order chi connectivity index (χ1) is 9.88. The van der Waals surface area contributed by atoms with Gasteiger partial charge in [-0.2, -0.15) is 0 Å². The zero-order valence-electron chi connectivity index (χ0n) is 12.2. The molecule has 1 aromatic carbocycles. The van der Waals surface area contributed by atoms with Gasteiger partial charge in [0.1, 0.15) is 12.4 Å². The average molecular weight is 359 g/mol. The van der Waals surface area contributed by atoms with Gasteiger partial charge in [0.05, 0.1) is 18.3 Å². The third kappa shape index (κ3) is 6.99. The predicted octanol–water partition coefficient (Wildman–Crippen LogP) is 2.92. The van der Waals surface area contributed by atoms with Crippen molar-refractivity contribution in [2.45, 2.75) is 26.9 Å². The summed E-state index contributed by atoms with van der Waals surface area (Å²) in [5, 5.41) is 5.25. The molecule has 0 saturated heterocycles. The molecule has 0 aromatic heterocycles. The summed E-state index contributed by atoms with van der Waals surface area (Å²) in [5.74, 6) is 0.347. The van der Waals surface area contributed by atoms with E-state index in [9.17, 15) is 9.59 Å². The summed E-state index contributed by atoms with van der Waals surface area (Å²) in [6, 6.07) is 5.29. The van der Waals surface area contributed by atoms with Crippen molar-refractivity contribution in [3.63, 3.8) is 0 Å². The molecule has 0 bridgehead atoms. The van der Waals surface area contributed by atoms with Gasteiger partial charge in [-0.25, -0.2) is 4.79 Å². The molecule has 21 heavy (non-hydrogen) atoms. The molecule has 0 atom stereocenters. The zero-order chi connectivity index (χ0) is 15.8. The Bertz CT molecular complexity index is 506. The molecule has 0 aliphatic rings. The number of amides is 2. The number of alkyl carbamates (subject to hydrolysis) is 1. The smallest absolute Gasteiger partial charge is 0.407 e. The molecular weight excluding hydrogens is 340 g/mol. The number of rotatable bonds is 6. The lowest BCUT2D eigenvalue weighted by molar-refractivity contribution is -0.114. The Morgan fingerprint density at radius 1 is 1.33 bits per heavy atom. The second-order valence-corrected chi connectivity index (χ2v) is 5.47. The maximum Gasteiger partial charge on any atom is 0.407 e. The lowest BCUT2D eigenvalue weighted by atomic mass is 10.3. The van der Waals surface area contributed by atoms with Crippen LogP contribution >= 0.6 is 15.9 Å². The molecule has 0 radical (unpaired) electrons. The lowest BCUT2D eigenvalue weighted by Crippen LogP contribution is -2.30. The summed E-state index contributed by atoms with van der Waals surface area (Å²) in [6.45, 7) is 5.54. The van der Waals surface area contributed by atoms with E-state index in [-0.39, 0.29) is 18.6 Å². The highest BCUT2D eigenvalue weighted by molar-refractivity contribution is 9.10. The van der Waals surface area contributed by atoms with Gasteiger partial charge in [0.25, 0.3) is 0 Å². The largest absolute Gasteiger partial charge is 0.490 e.